The number of amidine groups is 1. The molecule has 4 heteroatoms. The van der Waals surface area contributed by atoms with Crippen molar-refractivity contribution in [2.24, 2.45) is 16.6 Å². The number of aliphatic imine (C=N–C) groups is 1. The van der Waals surface area contributed by atoms with Gasteiger partial charge in [-0.3, -0.25) is 5.41 Å². The Hall–Kier alpha value is -1.32. The number of hydrogen-bond donors (Lipinski definition) is 3. The normalized spacial score (nSPS) is 12.6. The third kappa shape index (κ3) is 2.41. The number of aliphatic hydroxyl groups is 1. The lowest BCUT2D eigenvalue weighted by Crippen LogP contribution is -2.14. The molecule has 0 aromatic heterocycles. The molecule has 0 saturated carbocycles. The van der Waals surface area contributed by atoms with Crippen LogP contribution >= 0.6 is 0 Å². The second kappa shape index (κ2) is 3.75. The molecule has 4 nitrogen and oxygen atoms in total. The SMILES string of the molecule is C=NC(=N)C(N)=C(O)C(C)C. The Labute approximate surface area is 66.0 Å². The van der Waals surface area contributed by atoms with Crippen LogP contribution in [0.2, 0.25) is 0 Å². The molecule has 62 valence electrons. The Morgan fingerprint density at radius 1 is 1.64 bits per heavy atom. The van der Waals surface area contributed by atoms with Gasteiger partial charge in [-0.25, -0.2) is 4.99 Å². The van der Waals surface area contributed by atoms with Gasteiger partial charge < -0.3 is 10.8 Å². The lowest BCUT2D eigenvalue weighted by Gasteiger charge is -2.06. The predicted octanol–water partition coefficient (Wildman–Crippen LogP) is 1.05. The number of allylic oxidation sites excluding steroid dienone is 1. The van der Waals surface area contributed by atoms with Gasteiger partial charge in [0.1, 0.15) is 11.5 Å². The van der Waals surface area contributed by atoms with E-state index in [0.717, 1.165) is 0 Å². The topological polar surface area (TPSA) is 82.5 Å². The maximum Gasteiger partial charge on any atom is 0.170 e. The Morgan fingerprint density at radius 3 is 2.36 bits per heavy atom. The zero-order chi connectivity index (χ0) is 9.02. The number of rotatable bonds is 2. The highest BCUT2D eigenvalue weighted by atomic mass is 16.3. The third-order valence-electron chi connectivity index (χ3n) is 1.24. The van der Waals surface area contributed by atoms with Crippen molar-refractivity contribution in [2.75, 3.05) is 0 Å². The van der Waals surface area contributed by atoms with Gasteiger partial charge in [-0.2, -0.15) is 0 Å². The summed E-state index contributed by atoms with van der Waals surface area (Å²) in [6.07, 6.45) is 0. The average molecular weight is 155 g/mol. The Morgan fingerprint density at radius 2 is 2.09 bits per heavy atom. The second-order valence-corrected chi connectivity index (χ2v) is 2.46. The highest BCUT2D eigenvalue weighted by Crippen LogP contribution is 2.08. The molecule has 0 fully saturated rings. The van der Waals surface area contributed by atoms with Crippen LogP contribution in [0.5, 0.6) is 0 Å². The van der Waals surface area contributed by atoms with Crippen LogP contribution in [0.25, 0.3) is 0 Å². The first-order valence-corrected chi connectivity index (χ1v) is 3.25. The molecule has 0 rings (SSSR count). The van der Waals surface area contributed by atoms with E-state index in [9.17, 15) is 5.11 Å². The molecule has 0 aliphatic rings. The van der Waals surface area contributed by atoms with Crippen molar-refractivity contribution in [3.05, 3.63) is 11.5 Å². The number of aliphatic hydroxyl groups excluding tert-OH is 1. The van der Waals surface area contributed by atoms with E-state index in [1.54, 1.807) is 13.8 Å². The van der Waals surface area contributed by atoms with Crippen LogP contribution in [0.1, 0.15) is 13.8 Å². The minimum absolute atomic E-state index is 0.00463. The highest BCUT2D eigenvalue weighted by Gasteiger charge is 2.08. The van der Waals surface area contributed by atoms with E-state index in [1.807, 2.05) is 0 Å². The zero-order valence-corrected chi connectivity index (χ0v) is 6.76. The van der Waals surface area contributed by atoms with Gasteiger partial charge >= 0.3 is 0 Å². The Bertz CT molecular complexity index is 206. The lowest BCUT2D eigenvalue weighted by molar-refractivity contribution is 0.347. The minimum atomic E-state index is -0.184. The van der Waals surface area contributed by atoms with Crippen LogP contribution in [-0.2, 0) is 0 Å². The van der Waals surface area contributed by atoms with Crippen LogP contribution in [0, 0.1) is 11.3 Å². The van der Waals surface area contributed by atoms with E-state index >= 15 is 0 Å². The van der Waals surface area contributed by atoms with Crippen LogP contribution in [-0.4, -0.2) is 17.7 Å². The molecule has 0 radical (unpaired) electrons. The fraction of sp³-hybridized carbons (Fsp3) is 0.429. The van der Waals surface area contributed by atoms with Crippen LogP contribution in [0.15, 0.2) is 16.4 Å². The molecule has 0 spiro atoms. The summed E-state index contributed by atoms with van der Waals surface area (Å²) >= 11 is 0. The molecule has 0 saturated heterocycles. The second-order valence-electron chi connectivity index (χ2n) is 2.46. The first-order chi connectivity index (χ1) is 5.00. The van der Waals surface area contributed by atoms with Crippen molar-refractivity contribution in [1.82, 2.24) is 0 Å². The van der Waals surface area contributed by atoms with Gasteiger partial charge in [-0.05, 0) is 6.72 Å². The molecule has 0 bridgehead atoms. The van der Waals surface area contributed by atoms with Crippen molar-refractivity contribution in [3.8, 4) is 0 Å². The van der Waals surface area contributed by atoms with Gasteiger partial charge in [0.25, 0.3) is 0 Å². The quantitative estimate of drug-likeness (QED) is 0.316. The van der Waals surface area contributed by atoms with E-state index in [1.165, 1.54) is 0 Å². The maximum absolute atomic E-state index is 9.22. The molecule has 11 heavy (non-hydrogen) atoms. The third-order valence-corrected chi connectivity index (χ3v) is 1.24. The van der Waals surface area contributed by atoms with E-state index in [0.29, 0.717) is 0 Å². The predicted molar refractivity (Wildman–Crippen MR) is 46.0 cm³/mol. The summed E-state index contributed by atoms with van der Waals surface area (Å²) in [4.78, 5) is 3.28. The van der Waals surface area contributed by atoms with Crippen LogP contribution in [0.3, 0.4) is 0 Å². The zero-order valence-electron chi connectivity index (χ0n) is 6.76. The molecule has 0 aromatic rings. The van der Waals surface area contributed by atoms with Crippen molar-refractivity contribution in [3.63, 3.8) is 0 Å². The van der Waals surface area contributed by atoms with E-state index in [4.69, 9.17) is 11.1 Å². The fourth-order valence-corrected chi connectivity index (χ4v) is 0.517. The largest absolute Gasteiger partial charge is 0.510 e. The number of nitrogens with one attached hydrogen (secondary N) is 1. The fourth-order valence-electron chi connectivity index (χ4n) is 0.517. The number of hydrogen-bond acceptors (Lipinski definition) is 3. The summed E-state index contributed by atoms with van der Waals surface area (Å²) in [6.45, 7) is 6.68. The summed E-state index contributed by atoms with van der Waals surface area (Å²) in [5, 5.41) is 16.3. The molecule has 0 heterocycles. The summed E-state index contributed by atoms with van der Waals surface area (Å²) in [5.41, 5.74) is 5.34. The van der Waals surface area contributed by atoms with Gasteiger partial charge in [-0.1, -0.05) is 13.8 Å². The molecule has 0 aliphatic carbocycles. The molecule has 0 unspecified atom stereocenters. The highest BCUT2D eigenvalue weighted by molar-refractivity contribution is 5.98. The van der Waals surface area contributed by atoms with E-state index < -0.39 is 0 Å². The van der Waals surface area contributed by atoms with Crippen molar-refractivity contribution in [2.45, 2.75) is 13.8 Å². The maximum atomic E-state index is 9.22. The first kappa shape index (κ1) is 9.68. The van der Waals surface area contributed by atoms with Gasteiger partial charge in [0, 0.05) is 5.92 Å². The van der Waals surface area contributed by atoms with E-state index in [2.05, 4.69) is 11.7 Å². The number of nitrogens with two attached hydrogens (primary N) is 1. The molecule has 0 amide bonds. The summed E-state index contributed by atoms with van der Waals surface area (Å²) < 4.78 is 0. The molecule has 0 aliphatic heterocycles. The molecular formula is C7H13N3O. The smallest absolute Gasteiger partial charge is 0.170 e. The van der Waals surface area contributed by atoms with Crippen LogP contribution in [0.4, 0.5) is 0 Å². The van der Waals surface area contributed by atoms with Gasteiger partial charge in [-0.15, -0.1) is 0 Å². The Kier molecular flexibility index (Phi) is 3.30. The average Bonchev–Trinajstić information content (AvgIpc) is 2.00. The van der Waals surface area contributed by atoms with Gasteiger partial charge in [0.05, 0.1) is 0 Å². The van der Waals surface area contributed by atoms with Gasteiger partial charge in [0.15, 0.2) is 5.84 Å². The number of nitrogens with zero attached hydrogens (tertiary/aromatic N) is 1. The summed E-state index contributed by atoms with van der Waals surface area (Å²) in [6, 6.07) is 0. The molecule has 4 N–H and O–H groups in total. The molecule has 0 atom stereocenters. The summed E-state index contributed by atoms with van der Waals surface area (Å²) in [7, 11) is 0. The lowest BCUT2D eigenvalue weighted by atomic mass is 10.1. The van der Waals surface area contributed by atoms with Crippen molar-refractivity contribution < 1.29 is 5.11 Å². The van der Waals surface area contributed by atoms with Crippen molar-refractivity contribution >= 4 is 12.6 Å². The first-order valence-electron chi connectivity index (χ1n) is 3.25. The minimum Gasteiger partial charge on any atom is -0.510 e. The summed E-state index contributed by atoms with van der Waals surface area (Å²) in [5.74, 6) is -0.282. The van der Waals surface area contributed by atoms with Crippen molar-refractivity contribution in [1.29, 1.82) is 5.41 Å². The molecule has 0 aromatic carbocycles. The monoisotopic (exact) mass is 155 g/mol. The Balaban J connectivity index is 4.65. The van der Waals surface area contributed by atoms with Crippen LogP contribution < -0.4 is 5.73 Å². The molecular weight excluding hydrogens is 142 g/mol. The standard InChI is InChI=1S/C7H13N3O/c1-4(2)6(11)5(8)7(9)10-3/h4,9,11H,3,8H2,1-2H3. The van der Waals surface area contributed by atoms with E-state index in [-0.39, 0.29) is 23.2 Å². The van der Waals surface area contributed by atoms with Gasteiger partial charge in [0.2, 0.25) is 0 Å².